The molecule has 3 aromatic heterocycles. The van der Waals surface area contributed by atoms with Gasteiger partial charge in [-0.2, -0.15) is 11.3 Å². The maximum Gasteiger partial charge on any atom is 0.276 e. The molecule has 3 aromatic rings. The Hall–Kier alpha value is -1.57. The van der Waals surface area contributed by atoms with Crippen molar-refractivity contribution in [2.45, 2.75) is 6.92 Å². The van der Waals surface area contributed by atoms with Crippen LogP contribution >= 0.6 is 34.0 Å². The molecule has 0 radical (unpaired) electrons. The fourth-order valence-electron chi connectivity index (χ4n) is 1.47. The summed E-state index contributed by atoms with van der Waals surface area (Å²) >= 11 is 4.53. The lowest BCUT2D eigenvalue weighted by Gasteiger charge is -1.96. The molecule has 0 saturated heterocycles. The Morgan fingerprint density at radius 2 is 2.26 bits per heavy atom. The average molecular weight is 307 g/mol. The van der Waals surface area contributed by atoms with Gasteiger partial charge in [0.1, 0.15) is 10.7 Å². The molecule has 0 aromatic carbocycles. The van der Waals surface area contributed by atoms with Crippen molar-refractivity contribution in [1.82, 2.24) is 9.97 Å². The number of nitrogens with zero attached hydrogens (tertiary/aromatic N) is 2. The molecule has 1 amide bonds. The zero-order chi connectivity index (χ0) is 13.2. The zero-order valence-electron chi connectivity index (χ0n) is 9.91. The van der Waals surface area contributed by atoms with Gasteiger partial charge in [0.15, 0.2) is 5.13 Å². The highest BCUT2D eigenvalue weighted by molar-refractivity contribution is 7.15. The molecule has 7 heteroatoms. The summed E-state index contributed by atoms with van der Waals surface area (Å²) in [6.07, 6.45) is 1.73. The minimum Gasteiger partial charge on any atom is -0.296 e. The number of amides is 1. The highest BCUT2D eigenvalue weighted by Gasteiger charge is 2.13. The van der Waals surface area contributed by atoms with E-state index in [2.05, 4.69) is 15.3 Å². The number of thiazole rings is 2. The fraction of sp³-hybridized carbons (Fsp3) is 0.0833. The number of anilines is 1. The monoisotopic (exact) mass is 307 g/mol. The van der Waals surface area contributed by atoms with Crippen molar-refractivity contribution in [1.29, 1.82) is 0 Å². The standard InChI is InChI=1S/C12H9N3OS3/c1-7-4-13-12(19-7)15-10(16)9-6-18-11(14-9)8-2-3-17-5-8/h2-6H,1H3,(H,13,15,16). The van der Waals surface area contributed by atoms with Gasteiger partial charge in [-0.1, -0.05) is 0 Å². The van der Waals surface area contributed by atoms with Gasteiger partial charge in [0.05, 0.1) is 0 Å². The van der Waals surface area contributed by atoms with E-state index in [0.29, 0.717) is 10.8 Å². The maximum absolute atomic E-state index is 12.0. The van der Waals surface area contributed by atoms with E-state index in [1.807, 2.05) is 23.8 Å². The van der Waals surface area contributed by atoms with Crippen molar-refractivity contribution < 1.29 is 4.79 Å². The van der Waals surface area contributed by atoms with Crippen molar-refractivity contribution in [2.24, 2.45) is 0 Å². The third-order valence-corrected chi connectivity index (χ3v) is 4.75. The summed E-state index contributed by atoms with van der Waals surface area (Å²) in [5.74, 6) is -0.216. The molecule has 0 aliphatic carbocycles. The smallest absolute Gasteiger partial charge is 0.276 e. The first kappa shape index (κ1) is 12.5. The summed E-state index contributed by atoms with van der Waals surface area (Å²) in [7, 11) is 0. The Morgan fingerprint density at radius 1 is 1.37 bits per heavy atom. The second-order valence-corrected chi connectivity index (χ2v) is 6.65. The lowest BCUT2D eigenvalue weighted by molar-refractivity contribution is 0.102. The van der Waals surface area contributed by atoms with Gasteiger partial charge < -0.3 is 0 Å². The van der Waals surface area contributed by atoms with E-state index in [9.17, 15) is 4.79 Å². The highest BCUT2D eigenvalue weighted by Crippen LogP contribution is 2.26. The van der Waals surface area contributed by atoms with Crippen LogP contribution < -0.4 is 5.32 Å². The normalized spacial score (nSPS) is 10.6. The quantitative estimate of drug-likeness (QED) is 0.798. The van der Waals surface area contributed by atoms with Crippen molar-refractivity contribution in [2.75, 3.05) is 5.32 Å². The molecule has 3 heterocycles. The van der Waals surface area contributed by atoms with Gasteiger partial charge in [0, 0.05) is 27.4 Å². The number of carbonyl (C=O) groups is 1. The van der Waals surface area contributed by atoms with E-state index < -0.39 is 0 Å². The summed E-state index contributed by atoms with van der Waals surface area (Å²) in [6, 6.07) is 2.00. The predicted molar refractivity (Wildman–Crippen MR) is 80.2 cm³/mol. The number of aryl methyl sites for hydroxylation is 1. The Labute approximate surface area is 121 Å². The number of hydrogen-bond acceptors (Lipinski definition) is 6. The Balaban J connectivity index is 1.77. The molecule has 0 aliphatic rings. The van der Waals surface area contributed by atoms with Gasteiger partial charge in [-0.25, -0.2) is 9.97 Å². The van der Waals surface area contributed by atoms with E-state index in [-0.39, 0.29) is 5.91 Å². The van der Waals surface area contributed by atoms with Crippen molar-refractivity contribution >= 4 is 45.0 Å². The van der Waals surface area contributed by atoms with Crippen LogP contribution in [0.25, 0.3) is 10.6 Å². The molecular weight excluding hydrogens is 298 g/mol. The Bertz CT molecular complexity index is 699. The first-order chi connectivity index (χ1) is 9.22. The average Bonchev–Trinajstić information content (AvgIpc) is 3.08. The van der Waals surface area contributed by atoms with Crippen LogP contribution in [-0.2, 0) is 0 Å². The van der Waals surface area contributed by atoms with E-state index >= 15 is 0 Å². The second kappa shape index (κ2) is 5.20. The van der Waals surface area contributed by atoms with Crippen LogP contribution in [0.2, 0.25) is 0 Å². The molecule has 0 aliphatic heterocycles. The molecule has 1 N–H and O–H groups in total. The van der Waals surface area contributed by atoms with E-state index in [4.69, 9.17) is 0 Å². The molecular formula is C12H9N3OS3. The second-order valence-electron chi connectivity index (χ2n) is 3.78. The van der Waals surface area contributed by atoms with Gasteiger partial charge >= 0.3 is 0 Å². The lowest BCUT2D eigenvalue weighted by Crippen LogP contribution is -2.11. The summed E-state index contributed by atoms with van der Waals surface area (Å²) < 4.78 is 0. The molecule has 0 saturated carbocycles. The fourth-order valence-corrected chi connectivity index (χ4v) is 3.64. The summed E-state index contributed by atoms with van der Waals surface area (Å²) in [4.78, 5) is 21.5. The van der Waals surface area contributed by atoms with Crippen LogP contribution in [-0.4, -0.2) is 15.9 Å². The van der Waals surface area contributed by atoms with Crippen molar-refractivity contribution in [3.63, 3.8) is 0 Å². The summed E-state index contributed by atoms with van der Waals surface area (Å²) in [5, 5.41) is 10.00. The Kier molecular flexibility index (Phi) is 3.41. The van der Waals surface area contributed by atoms with E-state index in [0.717, 1.165) is 15.4 Å². The minimum absolute atomic E-state index is 0.216. The Morgan fingerprint density at radius 3 is 2.95 bits per heavy atom. The van der Waals surface area contributed by atoms with Crippen LogP contribution in [0.5, 0.6) is 0 Å². The van der Waals surface area contributed by atoms with Gasteiger partial charge in [0.2, 0.25) is 0 Å². The molecule has 0 unspecified atom stereocenters. The molecule has 19 heavy (non-hydrogen) atoms. The van der Waals surface area contributed by atoms with Crippen molar-refractivity contribution in [3.8, 4) is 10.6 Å². The van der Waals surface area contributed by atoms with Crippen LogP contribution in [0.3, 0.4) is 0 Å². The van der Waals surface area contributed by atoms with Gasteiger partial charge in [-0.15, -0.1) is 22.7 Å². The number of aromatic nitrogens is 2. The third kappa shape index (κ3) is 2.73. The molecule has 3 rings (SSSR count). The maximum atomic E-state index is 12.0. The number of nitrogens with one attached hydrogen (secondary N) is 1. The molecule has 0 spiro atoms. The van der Waals surface area contributed by atoms with Gasteiger partial charge in [-0.05, 0) is 18.4 Å². The van der Waals surface area contributed by atoms with E-state index in [1.165, 1.54) is 22.7 Å². The highest BCUT2D eigenvalue weighted by atomic mass is 32.1. The first-order valence-electron chi connectivity index (χ1n) is 5.44. The topological polar surface area (TPSA) is 54.9 Å². The number of hydrogen-bond donors (Lipinski definition) is 1. The van der Waals surface area contributed by atoms with Crippen LogP contribution in [0.1, 0.15) is 15.4 Å². The number of carbonyl (C=O) groups excluding carboxylic acids is 1. The first-order valence-corrected chi connectivity index (χ1v) is 8.08. The zero-order valence-corrected chi connectivity index (χ0v) is 12.4. The van der Waals surface area contributed by atoms with E-state index in [1.54, 1.807) is 22.9 Å². The summed E-state index contributed by atoms with van der Waals surface area (Å²) in [6.45, 7) is 1.95. The molecule has 0 atom stereocenters. The third-order valence-electron chi connectivity index (χ3n) is 2.35. The van der Waals surface area contributed by atoms with Crippen LogP contribution in [0.4, 0.5) is 5.13 Å². The molecule has 4 nitrogen and oxygen atoms in total. The van der Waals surface area contributed by atoms with Crippen LogP contribution in [0.15, 0.2) is 28.4 Å². The van der Waals surface area contributed by atoms with Crippen LogP contribution in [0, 0.1) is 6.92 Å². The lowest BCUT2D eigenvalue weighted by atomic mass is 10.3. The van der Waals surface area contributed by atoms with Crippen molar-refractivity contribution in [3.05, 3.63) is 39.0 Å². The molecule has 96 valence electrons. The summed E-state index contributed by atoms with van der Waals surface area (Å²) in [5.41, 5.74) is 1.48. The van der Waals surface area contributed by atoms with Gasteiger partial charge in [-0.3, -0.25) is 10.1 Å². The molecule has 0 fully saturated rings. The largest absolute Gasteiger partial charge is 0.296 e. The minimum atomic E-state index is -0.216. The SMILES string of the molecule is Cc1cnc(NC(=O)c2csc(-c3ccsc3)n2)s1. The number of thiophene rings is 1. The number of rotatable bonds is 3. The van der Waals surface area contributed by atoms with Gasteiger partial charge in [0.25, 0.3) is 5.91 Å². The molecule has 0 bridgehead atoms. The predicted octanol–water partition coefficient (Wildman–Crippen LogP) is 3.89.